The van der Waals surface area contributed by atoms with Crippen molar-refractivity contribution in [2.24, 2.45) is 0 Å². The van der Waals surface area contributed by atoms with Gasteiger partial charge in [0.2, 0.25) is 11.8 Å². The second-order valence-corrected chi connectivity index (χ2v) is 5.06. The highest BCUT2D eigenvalue weighted by atomic mass is 32.2. The zero-order valence-electron chi connectivity index (χ0n) is 12.0. The van der Waals surface area contributed by atoms with Crippen molar-refractivity contribution >= 4 is 29.5 Å². The SMILES string of the molecule is CCOC(=O)C=C1SCC(=O)N1CC(=O)N(CC)CC. The van der Waals surface area contributed by atoms with Crippen LogP contribution in [0.25, 0.3) is 0 Å². The first kappa shape index (κ1) is 16.6. The van der Waals surface area contributed by atoms with Crippen LogP contribution in [0.2, 0.25) is 0 Å². The van der Waals surface area contributed by atoms with Gasteiger partial charge in [-0.3, -0.25) is 14.5 Å². The van der Waals surface area contributed by atoms with Crippen molar-refractivity contribution in [2.75, 3.05) is 32.0 Å². The molecular formula is C13H20N2O4S. The van der Waals surface area contributed by atoms with Crippen molar-refractivity contribution in [1.29, 1.82) is 0 Å². The maximum absolute atomic E-state index is 12.0. The fourth-order valence-corrected chi connectivity index (χ4v) is 2.73. The van der Waals surface area contributed by atoms with Crippen LogP contribution < -0.4 is 0 Å². The lowest BCUT2D eigenvalue weighted by molar-refractivity contribution is -0.138. The highest BCUT2D eigenvalue weighted by Gasteiger charge is 2.30. The molecule has 7 heteroatoms. The topological polar surface area (TPSA) is 66.9 Å². The van der Waals surface area contributed by atoms with Crippen LogP contribution >= 0.6 is 11.8 Å². The van der Waals surface area contributed by atoms with E-state index in [-0.39, 0.29) is 30.7 Å². The third-order valence-corrected chi connectivity index (χ3v) is 3.87. The lowest BCUT2D eigenvalue weighted by atomic mass is 10.4. The van der Waals surface area contributed by atoms with E-state index in [4.69, 9.17) is 4.74 Å². The van der Waals surface area contributed by atoms with Crippen molar-refractivity contribution in [3.05, 3.63) is 11.1 Å². The summed E-state index contributed by atoms with van der Waals surface area (Å²) in [5, 5.41) is 0.481. The number of likely N-dealkylation sites (N-methyl/N-ethyl adjacent to an activating group) is 1. The summed E-state index contributed by atoms with van der Waals surface area (Å²) in [6.45, 7) is 6.93. The monoisotopic (exact) mass is 300 g/mol. The van der Waals surface area contributed by atoms with Crippen LogP contribution in [0.5, 0.6) is 0 Å². The third kappa shape index (κ3) is 4.26. The fraction of sp³-hybridized carbons (Fsp3) is 0.615. The minimum Gasteiger partial charge on any atom is -0.463 e. The van der Waals surface area contributed by atoms with Gasteiger partial charge in [0, 0.05) is 13.1 Å². The van der Waals surface area contributed by atoms with Gasteiger partial charge in [-0.25, -0.2) is 4.79 Å². The molecule has 1 rings (SSSR count). The normalized spacial score (nSPS) is 16.6. The van der Waals surface area contributed by atoms with E-state index in [9.17, 15) is 14.4 Å². The van der Waals surface area contributed by atoms with Gasteiger partial charge >= 0.3 is 5.97 Å². The second kappa shape index (κ2) is 7.94. The van der Waals surface area contributed by atoms with E-state index >= 15 is 0 Å². The highest BCUT2D eigenvalue weighted by Crippen LogP contribution is 2.28. The van der Waals surface area contributed by atoms with Crippen molar-refractivity contribution in [3.63, 3.8) is 0 Å². The summed E-state index contributed by atoms with van der Waals surface area (Å²) in [6, 6.07) is 0. The van der Waals surface area contributed by atoms with Crippen LogP contribution in [-0.2, 0) is 19.1 Å². The average molecular weight is 300 g/mol. The van der Waals surface area contributed by atoms with Crippen LogP contribution in [0.15, 0.2) is 11.1 Å². The van der Waals surface area contributed by atoms with Gasteiger partial charge < -0.3 is 9.64 Å². The molecule has 0 bridgehead atoms. The molecule has 1 fully saturated rings. The number of ether oxygens (including phenoxy) is 1. The van der Waals surface area contributed by atoms with Crippen LogP contribution in [0.3, 0.4) is 0 Å². The molecule has 0 aromatic heterocycles. The van der Waals surface area contributed by atoms with Crippen LogP contribution in [0.4, 0.5) is 0 Å². The van der Waals surface area contributed by atoms with Gasteiger partial charge in [-0.05, 0) is 20.8 Å². The number of carbonyl (C=O) groups excluding carboxylic acids is 3. The minimum absolute atomic E-state index is 0.0290. The molecule has 20 heavy (non-hydrogen) atoms. The number of carbonyl (C=O) groups is 3. The van der Waals surface area contributed by atoms with Crippen LogP contribution in [0, 0.1) is 0 Å². The quantitative estimate of drug-likeness (QED) is 0.537. The number of rotatable bonds is 6. The molecule has 0 radical (unpaired) electrons. The first-order valence-electron chi connectivity index (χ1n) is 6.62. The van der Waals surface area contributed by atoms with E-state index in [1.807, 2.05) is 13.8 Å². The molecule has 1 aliphatic heterocycles. The lowest BCUT2D eigenvalue weighted by Crippen LogP contribution is -2.40. The van der Waals surface area contributed by atoms with Gasteiger partial charge in [-0.15, -0.1) is 0 Å². The zero-order valence-corrected chi connectivity index (χ0v) is 12.9. The van der Waals surface area contributed by atoms with Crippen molar-refractivity contribution in [1.82, 2.24) is 9.80 Å². The van der Waals surface area contributed by atoms with Gasteiger partial charge in [0.05, 0.1) is 23.5 Å². The Hall–Kier alpha value is -1.50. The maximum atomic E-state index is 12.0. The molecule has 0 N–H and O–H groups in total. The van der Waals surface area contributed by atoms with E-state index in [1.54, 1.807) is 11.8 Å². The molecule has 0 aromatic rings. The number of hydrogen-bond acceptors (Lipinski definition) is 5. The summed E-state index contributed by atoms with van der Waals surface area (Å²) in [7, 11) is 0. The molecule has 0 atom stereocenters. The molecule has 1 saturated heterocycles. The van der Waals surface area contributed by atoms with Crippen molar-refractivity contribution < 1.29 is 19.1 Å². The predicted octanol–water partition coefficient (Wildman–Crippen LogP) is 0.835. The van der Waals surface area contributed by atoms with E-state index in [1.165, 1.54) is 22.7 Å². The van der Waals surface area contributed by atoms with Crippen LogP contribution in [0.1, 0.15) is 20.8 Å². The Labute approximate surface area is 123 Å². The lowest BCUT2D eigenvalue weighted by Gasteiger charge is -2.23. The number of thioether (sulfide) groups is 1. The maximum Gasteiger partial charge on any atom is 0.333 e. The minimum atomic E-state index is -0.495. The van der Waals surface area contributed by atoms with Gasteiger partial charge in [0.1, 0.15) is 6.54 Å². The standard InChI is InChI=1S/C13H20N2O4S/c1-4-14(5-2)10(16)8-15-11(17)9-20-12(15)7-13(18)19-6-3/h7H,4-6,8-9H2,1-3H3. The number of hydrogen-bond donors (Lipinski definition) is 0. The Morgan fingerprint density at radius 3 is 2.55 bits per heavy atom. The summed E-state index contributed by atoms with van der Waals surface area (Å²) in [5.41, 5.74) is 0. The summed E-state index contributed by atoms with van der Waals surface area (Å²) in [5.74, 6) is -0.534. The Bertz CT molecular complexity index is 419. The molecule has 0 unspecified atom stereocenters. The zero-order chi connectivity index (χ0) is 15.1. The fourth-order valence-electron chi connectivity index (χ4n) is 1.80. The second-order valence-electron chi connectivity index (χ2n) is 4.07. The summed E-state index contributed by atoms with van der Waals surface area (Å²) >= 11 is 1.25. The first-order valence-corrected chi connectivity index (χ1v) is 7.61. The van der Waals surface area contributed by atoms with Crippen molar-refractivity contribution in [3.8, 4) is 0 Å². The van der Waals surface area contributed by atoms with Crippen molar-refractivity contribution in [2.45, 2.75) is 20.8 Å². The number of esters is 1. The highest BCUT2D eigenvalue weighted by molar-refractivity contribution is 8.04. The Morgan fingerprint density at radius 1 is 1.35 bits per heavy atom. The molecule has 0 saturated carbocycles. The molecule has 1 heterocycles. The number of nitrogens with zero attached hydrogens (tertiary/aromatic N) is 2. The number of amides is 2. The summed E-state index contributed by atoms with van der Waals surface area (Å²) in [4.78, 5) is 38.3. The molecular weight excluding hydrogens is 280 g/mol. The molecule has 0 spiro atoms. The Balaban J connectivity index is 2.76. The third-order valence-electron chi connectivity index (χ3n) is 2.85. The van der Waals surface area contributed by atoms with Gasteiger partial charge in [0.25, 0.3) is 0 Å². The van der Waals surface area contributed by atoms with Gasteiger partial charge in [0.15, 0.2) is 0 Å². The predicted molar refractivity (Wildman–Crippen MR) is 76.8 cm³/mol. The molecule has 2 amide bonds. The molecule has 6 nitrogen and oxygen atoms in total. The van der Waals surface area contributed by atoms with E-state index in [2.05, 4.69) is 0 Å². The largest absolute Gasteiger partial charge is 0.463 e. The smallest absolute Gasteiger partial charge is 0.333 e. The van der Waals surface area contributed by atoms with E-state index < -0.39 is 5.97 Å². The molecule has 0 aromatic carbocycles. The summed E-state index contributed by atoms with van der Waals surface area (Å²) in [6.07, 6.45) is 1.27. The van der Waals surface area contributed by atoms with E-state index in [0.717, 1.165) is 0 Å². The van der Waals surface area contributed by atoms with E-state index in [0.29, 0.717) is 18.1 Å². The Kier molecular flexibility index (Phi) is 6.57. The Morgan fingerprint density at radius 2 is 2.00 bits per heavy atom. The molecule has 1 aliphatic rings. The average Bonchev–Trinajstić information content (AvgIpc) is 2.73. The van der Waals surface area contributed by atoms with Gasteiger partial charge in [-0.1, -0.05) is 11.8 Å². The molecule has 0 aliphatic carbocycles. The van der Waals surface area contributed by atoms with Crippen LogP contribution in [-0.4, -0.2) is 59.6 Å². The molecule has 112 valence electrons. The van der Waals surface area contributed by atoms with Gasteiger partial charge in [-0.2, -0.15) is 0 Å². The first-order chi connectivity index (χ1) is 9.53. The summed E-state index contributed by atoms with van der Waals surface area (Å²) < 4.78 is 4.82.